The SMILES string of the molecule is CCOC(=O)c1ccc2c(c1)n(C(CS(C)(=O)=O)c1ccc(OC)c(OCC)c1)c(=O)n2C.CCOc1cc(C(CS(C)(=O)=O)n2c(=O)n(CC(F)(F)F)c3cc(F)ccc32)ccc1OC.CCOc1cc(C(CS(C)(=O)=O)n2c(=O)n(CC(F)F)c3cc(F)ccc32)ccc1OC. The smallest absolute Gasteiger partial charge is 0.406 e. The van der Waals surface area contributed by atoms with Crippen molar-refractivity contribution in [2.75, 3.05) is 83.8 Å². The lowest BCUT2D eigenvalue weighted by Gasteiger charge is -2.20. The van der Waals surface area contributed by atoms with Crippen molar-refractivity contribution in [2.24, 2.45) is 7.05 Å². The van der Waals surface area contributed by atoms with Crippen LogP contribution >= 0.6 is 0 Å². The highest BCUT2D eigenvalue weighted by atomic mass is 32.2. The van der Waals surface area contributed by atoms with Crippen LogP contribution in [0, 0.1) is 11.6 Å². The number of esters is 1. The monoisotopic (exact) mass is 1440 g/mol. The number of carbonyl (C=O) groups excluding carboxylic acids is 1. The number of nitrogens with zero attached hydrogens (tertiary/aromatic N) is 6. The van der Waals surface area contributed by atoms with Gasteiger partial charge >= 0.3 is 29.2 Å². The highest BCUT2D eigenvalue weighted by Crippen LogP contribution is 2.37. The zero-order valence-corrected chi connectivity index (χ0v) is 57.5. The average molecular weight is 1440 g/mol. The molecule has 0 fully saturated rings. The third-order valence-corrected chi connectivity index (χ3v) is 17.8. The number of hydrogen-bond acceptors (Lipinski definition) is 17. The summed E-state index contributed by atoms with van der Waals surface area (Å²) in [6.07, 6.45) is -4.55. The molecule has 532 valence electrons. The molecule has 0 amide bonds. The molecule has 0 spiro atoms. The highest BCUT2D eigenvalue weighted by molar-refractivity contribution is 7.91. The molecule has 3 unspecified atom stereocenters. The van der Waals surface area contributed by atoms with Crippen molar-refractivity contribution in [3.8, 4) is 34.5 Å². The van der Waals surface area contributed by atoms with E-state index in [1.165, 1.54) is 54.7 Å². The fourth-order valence-corrected chi connectivity index (χ4v) is 13.8. The summed E-state index contributed by atoms with van der Waals surface area (Å²) in [5, 5.41) is 0. The van der Waals surface area contributed by atoms with Gasteiger partial charge in [-0.2, -0.15) is 13.2 Å². The van der Waals surface area contributed by atoms with E-state index in [1.807, 2.05) is 6.92 Å². The van der Waals surface area contributed by atoms with Crippen molar-refractivity contribution >= 4 is 68.6 Å². The number of halogens is 7. The Hall–Kier alpha value is -9.24. The first-order valence-electron chi connectivity index (χ1n) is 30.0. The maximum Gasteiger partial charge on any atom is 0.406 e. The van der Waals surface area contributed by atoms with Crippen molar-refractivity contribution in [3.63, 3.8) is 0 Å². The number of hydrogen-bond donors (Lipinski definition) is 0. The molecular weight excluding hydrogens is 1370 g/mol. The molecule has 6 aromatic carbocycles. The van der Waals surface area contributed by atoms with E-state index in [9.17, 15) is 75.2 Å². The van der Waals surface area contributed by atoms with Crippen LogP contribution in [0.15, 0.2) is 124 Å². The van der Waals surface area contributed by atoms with Crippen molar-refractivity contribution < 1.29 is 93.9 Å². The third kappa shape index (κ3) is 18.3. The Morgan fingerprint density at radius 3 is 1.17 bits per heavy atom. The van der Waals surface area contributed by atoms with E-state index in [2.05, 4.69) is 0 Å². The van der Waals surface area contributed by atoms with Gasteiger partial charge in [0.05, 0.1) is 128 Å². The van der Waals surface area contributed by atoms with Crippen LogP contribution in [-0.4, -0.2) is 155 Å². The molecule has 3 aromatic heterocycles. The van der Waals surface area contributed by atoms with Crippen molar-refractivity contribution in [1.82, 2.24) is 27.4 Å². The van der Waals surface area contributed by atoms with Crippen LogP contribution < -0.4 is 45.5 Å². The van der Waals surface area contributed by atoms with E-state index in [1.54, 1.807) is 82.4 Å². The van der Waals surface area contributed by atoms with Crippen LogP contribution in [0.5, 0.6) is 34.5 Å². The molecule has 33 heteroatoms. The Bertz CT molecular complexity index is 4930. The molecule has 0 N–H and O–H groups in total. The lowest BCUT2D eigenvalue weighted by atomic mass is 10.1. The van der Waals surface area contributed by atoms with E-state index in [0.717, 1.165) is 62.8 Å². The Kier molecular flexibility index (Phi) is 24.5. The number of sulfone groups is 3. The summed E-state index contributed by atoms with van der Waals surface area (Å²) in [4.78, 5) is 51.9. The van der Waals surface area contributed by atoms with Gasteiger partial charge < -0.3 is 33.2 Å². The molecule has 0 aliphatic carbocycles. The van der Waals surface area contributed by atoms with Gasteiger partial charge in [-0.15, -0.1) is 0 Å². The van der Waals surface area contributed by atoms with Crippen LogP contribution in [0.4, 0.5) is 30.7 Å². The Balaban J connectivity index is 0.000000207. The molecule has 23 nitrogen and oxygen atoms in total. The lowest BCUT2D eigenvalue weighted by molar-refractivity contribution is -0.140. The molecule has 0 saturated heterocycles. The molecule has 0 aliphatic rings. The zero-order chi connectivity index (χ0) is 72.5. The minimum atomic E-state index is -4.76. The average Bonchev–Trinajstić information content (AvgIpc) is 1.60. The minimum absolute atomic E-state index is 0.0342. The normalized spacial score (nSPS) is 12.9. The Labute approximate surface area is 558 Å². The summed E-state index contributed by atoms with van der Waals surface area (Å²) in [6, 6.07) is 22.2. The van der Waals surface area contributed by atoms with E-state index in [0.29, 0.717) is 74.3 Å². The molecule has 3 atom stereocenters. The van der Waals surface area contributed by atoms with E-state index in [-0.39, 0.29) is 52.3 Å². The van der Waals surface area contributed by atoms with Crippen molar-refractivity contribution in [3.05, 3.63) is 175 Å². The van der Waals surface area contributed by atoms with Crippen molar-refractivity contribution in [2.45, 2.75) is 71.5 Å². The number of rotatable bonds is 26. The molecule has 3 heterocycles. The van der Waals surface area contributed by atoms with Gasteiger partial charge in [-0.1, -0.05) is 18.2 Å². The van der Waals surface area contributed by atoms with Gasteiger partial charge in [-0.25, -0.2) is 62.0 Å². The van der Waals surface area contributed by atoms with Crippen LogP contribution in [0.1, 0.15) is 72.9 Å². The number of ether oxygens (including phenoxy) is 7. The second kappa shape index (κ2) is 31.5. The quantitative estimate of drug-likeness (QED) is 0.0361. The third-order valence-electron chi connectivity index (χ3n) is 15.0. The number of carbonyl (C=O) groups is 1. The van der Waals surface area contributed by atoms with Crippen LogP contribution in [0.3, 0.4) is 0 Å². The van der Waals surface area contributed by atoms with Gasteiger partial charge in [0.2, 0.25) is 0 Å². The summed E-state index contributed by atoms with van der Waals surface area (Å²) >= 11 is 0. The summed E-state index contributed by atoms with van der Waals surface area (Å²) in [5.41, 5.74) is -0.135. The highest BCUT2D eigenvalue weighted by Gasteiger charge is 2.34. The maximum atomic E-state index is 13.9. The fourth-order valence-electron chi connectivity index (χ4n) is 11.1. The number of methoxy groups -OCH3 is 3. The number of benzene rings is 6. The molecule has 0 radical (unpaired) electrons. The summed E-state index contributed by atoms with van der Waals surface area (Å²) in [6.45, 7) is 5.57. The topological polar surface area (TPSA) is 265 Å². The molecule has 98 heavy (non-hydrogen) atoms. The second-order valence-corrected chi connectivity index (χ2v) is 28.8. The largest absolute Gasteiger partial charge is 0.493 e. The van der Waals surface area contributed by atoms with Crippen molar-refractivity contribution in [1.29, 1.82) is 0 Å². The number of aromatic nitrogens is 6. The predicted octanol–water partition coefficient (Wildman–Crippen LogP) is 9.35. The molecule has 9 rings (SSSR count). The Morgan fingerprint density at radius 2 is 0.827 bits per heavy atom. The zero-order valence-electron chi connectivity index (χ0n) is 55.1. The number of imidazole rings is 3. The number of fused-ring (bicyclic) bond motifs is 3. The van der Waals surface area contributed by atoms with Gasteiger partial charge in [-0.3, -0.25) is 27.4 Å². The van der Waals surface area contributed by atoms with Gasteiger partial charge in [0.25, 0.3) is 6.43 Å². The molecule has 0 aliphatic heterocycles. The predicted molar refractivity (Wildman–Crippen MR) is 354 cm³/mol. The number of aryl methyl sites for hydroxylation is 1. The van der Waals surface area contributed by atoms with Gasteiger partial charge in [0, 0.05) is 25.8 Å². The first-order valence-corrected chi connectivity index (χ1v) is 36.2. The van der Waals surface area contributed by atoms with Gasteiger partial charge in [0.1, 0.15) is 47.7 Å². The lowest BCUT2D eigenvalue weighted by Crippen LogP contribution is -2.34. The van der Waals surface area contributed by atoms with E-state index < -0.39 is 120 Å². The minimum Gasteiger partial charge on any atom is -0.493 e. The number of alkyl halides is 5. The maximum absolute atomic E-state index is 13.9. The molecule has 0 bridgehead atoms. The summed E-state index contributed by atoms with van der Waals surface area (Å²) < 4.78 is 211. The first kappa shape index (κ1) is 76.1. The molecule has 9 aromatic rings. The molecular formula is C65H73F7N6O17S3. The van der Waals surface area contributed by atoms with E-state index >= 15 is 0 Å². The summed E-state index contributed by atoms with van der Waals surface area (Å²) in [5.74, 6) is -1.17. The van der Waals surface area contributed by atoms with Crippen LogP contribution in [0.25, 0.3) is 33.1 Å². The van der Waals surface area contributed by atoms with Crippen LogP contribution in [0.2, 0.25) is 0 Å². The molecule has 0 saturated carbocycles. The van der Waals surface area contributed by atoms with Gasteiger partial charge in [-0.05, 0) is 135 Å². The van der Waals surface area contributed by atoms with Crippen LogP contribution in [-0.2, 0) is 54.4 Å². The standard InChI is InChI=1S/C23H28N2O7S.C21H22F4N2O5S.C21H23F3N2O5S/c1-6-31-21-13-15(9-11-20(21)30-4)19(14-33(5,28)29)25-18-12-16(22(26)32-7-2)8-10-17(18)24(3)23(25)27;1-4-32-19-9-13(5-8-18(19)31-2)17(11-33(3,29)30)27-15-7-6-14(22)10-16(15)26(20(27)28)12-21(23,24)25;1-4-31-19-9-13(5-8-18(19)30-2)17(12-32(3,28)29)26-15-7-6-14(22)10-16(15)25(21(26)27)11-20(23)24/h8-13,19H,6-7,14H2,1-5H3;5-10,17H,4,11-12H2,1-3H3;5-10,17,20H,4,11-12H2,1-3H3. The van der Waals surface area contributed by atoms with E-state index in [4.69, 9.17) is 33.2 Å². The summed E-state index contributed by atoms with van der Waals surface area (Å²) in [7, 11) is -4.88. The van der Waals surface area contributed by atoms with Gasteiger partial charge in [0.15, 0.2) is 34.5 Å². The second-order valence-electron chi connectivity index (χ2n) is 22.3. The fraction of sp³-hybridized carbons (Fsp3) is 0.385. The first-order chi connectivity index (χ1) is 46.0. The Morgan fingerprint density at radius 1 is 0.459 bits per heavy atom.